The molecule has 1 saturated heterocycles. The predicted octanol–water partition coefficient (Wildman–Crippen LogP) is 4.52. The predicted molar refractivity (Wildman–Crippen MR) is 103 cm³/mol. The van der Waals surface area contributed by atoms with Crippen LogP contribution in [0.3, 0.4) is 0 Å². The molecule has 0 atom stereocenters. The Morgan fingerprint density at radius 2 is 1.72 bits per heavy atom. The third kappa shape index (κ3) is 4.55. The summed E-state index contributed by atoms with van der Waals surface area (Å²) in [5.41, 5.74) is 2.19. The number of hydrogen-bond donors (Lipinski definition) is 2. The van der Waals surface area contributed by atoms with Crippen molar-refractivity contribution in [2.24, 2.45) is 0 Å². The molecule has 2 aromatic carbocycles. The molecule has 4 nitrogen and oxygen atoms in total. The van der Waals surface area contributed by atoms with E-state index in [1.54, 1.807) is 12.1 Å². The Labute approximate surface area is 154 Å². The van der Waals surface area contributed by atoms with Crippen molar-refractivity contribution in [3.63, 3.8) is 0 Å². The molecule has 0 saturated carbocycles. The largest absolute Gasteiger partial charge is 0.324 e. The standard InChI is InChI=1S/C18H17FN2O2S2/c1-11(22)20-16-10-14(6-7-15(16)19)21-17(23)12-2-4-13(5-3-12)18-24-8-9-25-18/h2-7,10,18H,8-9H2,1H3,(H,20,22)(H,21,23). The van der Waals surface area contributed by atoms with Gasteiger partial charge in [0.05, 0.1) is 10.3 Å². The second-order valence-electron chi connectivity index (χ2n) is 5.53. The molecule has 1 fully saturated rings. The zero-order valence-corrected chi connectivity index (χ0v) is 15.2. The number of hydrogen-bond acceptors (Lipinski definition) is 4. The van der Waals surface area contributed by atoms with Gasteiger partial charge in [0.15, 0.2) is 0 Å². The number of amides is 2. The lowest BCUT2D eigenvalue weighted by Crippen LogP contribution is -2.13. The van der Waals surface area contributed by atoms with Crippen LogP contribution in [0.2, 0.25) is 0 Å². The Kier molecular flexibility index (Phi) is 5.65. The van der Waals surface area contributed by atoms with Crippen LogP contribution in [0.4, 0.5) is 15.8 Å². The van der Waals surface area contributed by atoms with Gasteiger partial charge in [-0.25, -0.2) is 4.39 Å². The quantitative estimate of drug-likeness (QED) is 0.824. The van der Waals surface area contributed by atoms with Crippen LogP contribution in [-0.2, 0) is 4.79 Å². The molecule has 0 aromatic heterocycles. The summed E-state index contributed by atoms with van der Waals surface area (Å²) in [4.78, 5) is 23.5. The van der Waals surface area contributed by atoms with Gasteiger partial charge in [-0.05, 0) is 35.9 Å². The highest BCUT2D eigenvalue weighted by molar-refractivity contribution is 8.19. The van der Waals surface area contributed by atoms with E-state index in [1.807, 2.05) is 35.7 Å². The zero-order chi connectivity index (χ0) is 17.8. The van der Waals surface area contributed by atoms with Gasteiger partial charge in [0, 0.05) is 29.7 Å². The number of anilines is 2. The molecule has 0 bridgehead atoms. The molecular formula is C18H17FN2O2S2. The lowest BCUT2D eigenvalue weighted by atomic mass is 10.1. The van der Waals surface area contributed by atoms with Crippen molar-refractivity contribution in [3.8, 4) is 0 Å². The third-order valence-corrected chi connectivity index (χ3v) is 6.71. The Hall–Kier alpha value is -1.99. The van der Waals surface area contributed by atoms with E-state index in [-0.39, 0.29) is 17.5 Å². The van der Waals surface area contributed by atoms with E-state index in [1.165, 1.54) is 30.7 Å². The van der Waals surface area contributed by atoms with E-state index in [0.717, 1.165) is 11.5 Å². The first-order valence-corrected chi connectivity index (χ1v) is 9.84. The molecule has 25 heavy (non-hydrogen) atoms. The fourth-order valence-corrected chi connectivity index (χ4v) is 5.29. The zero-order valence-electron chi connectivity index (χ0n) is 13.5. The number of halogens is 1. The summed E-state index contributed by atoms with van der Waals surface area (Å²) in [5, 5.41) is 5.12. The maximum atomic E-state index is 13.7. The highest BCUT2D eigenvalue weighted by atomic mass is 32.2. The fraction of sp³-hybridized carbons (Fsp3) is 0.222. The Morgan fingerprint density at radius 1 is 1.04 bits per heavy atom. The van der Waals surface area contributed by atoms with Gasteiger partial charge in [-0.1, -0.05) is 12.1 Å². The van der Waals surface area contributed by atoms with Gasteiger partial charge in [-0.3, -0.25) is 9.59 Å². The van der Waals surface area contributed by atoms with Gasteiger partial charge in [0.2, 0.25) is 5.91 Å². The Balaban J connectivity index is 1.70. The van der Waals surface area contributed by atoms with Crippen LogP contribution in [0.1, 0.15) is 27.4 Å². The maximum Gasteiger partial charge on any atom is 0.255 e. The van der Waals surface area contributed by atoms with Gasteiger partial charge in [-0.2, -0.15) is 0 Å². The van der Waals surface area contributed by atoms with E-state index in [9.17, 15) is 14.0 Å². The van der Waals surface area contributed by atoms with Gasteiger partial charge < -0.3 is 10.6 Å². The topological polar surface area (TPSA) is 58.2 Å². The minimum atomic E-state index is -0.552. The first-order valence-electron chi connectivity index (χ1n) is 7.74. The van der Waals surface area contributed by atoms with E-state index in [0.29, 0.717) is 15.8 Å². The van der Waals surface area contributed by atoms with Gasteiger partial charge in [-0.15, -0.1) is 23.5 Å². The van der Waals surface area contributed by atoms with Crippen molar-refractivity contribution in [3.05, 3.63) is 59.4 Å². The minimum absolute atomic E-state index is 0.0379. The summed E-state index contributed by atoms with van der Waals surface area (Å²) in [5.74, 6) is 1.10. The molecule has 0 spiro atoms. The lowest BCUT2D eigenvalue weighted by molar-refractivity contribution is -0.114. The Morgan fingerprint density at radius 3 is 2.36 bits per heavy atom. The van der Waals surface area contributed by atoms with E-state index in [4.69, 9.17) is 0 Å². The molecular weight excluding hydrogens is 359 g/mol. The summed E-state index contributed by atoms with van der Waals surface area (Å²) in [6.07, 6.45) is 0. The first kappa shape index (κ1) is 17.8. The number of carbonyl (C=O) groups excluding carboxylic acids is 2. The average Bonchev–Trinajstić information content (AvgIpc) is 3.12. The molecule has 1 heterocycles. The fourth-order valence-electron chi connectivity index (χ4n) is 2.43. The molecule has 0 radical (unpaired) electrons. The summed E-state index contributed by atoms with van der Waals surface area (Å²) in [6.45, 7) is 1.30. The normalized spacial score (nSPS) is 14.3. The average molecular weight is 376 g/mol. The van der Waals surface area contributed by atoms with E-state index < -0.39 is 5.82 Å². The van der Waals surface area contributed by atoms with Crippen molar-refractivity contribution in [2.45, 2.75) is 11.5 Å². The van der Waals surface area contributed by atoms with Gasteiger partial charge in [0.1, 0.15) is 5.82 Å². The number of nitrogens with one attached hydrogen (secondary N) is 2. The third-order valence-electron chi connectivity index (χ3n) is 3.60. The second-order valence-corrected chi connectivity index (χ2v) is 8.25. The highest BCUT2D eigenvalue weighted by Crippen LogP contribution is 2.45. The molecule has 0 aliphatic carbocycles. The molecule has 0 unspecified atom stereocenters. The monoisotopic (exact) mass is 376 g/mol. The van der Waals surface area contributed by atoms with E-state index >= 15 is 0 Å². The Bertz CT molecular complexity index is 790. The van der Waals surface area contributed by atoms with Gasteiger partial charge >= 0.3 is 0 Å². The smallest absolute Gasteiger partial charge is 0.255 e. The van der Waals surface area contributed by atoms with Crippen LogP contribution in [-0.4, -0.2) is 23.3 Å². The summed E-state index contributed by atoms with van der Waals surface area (Å²) in [6, 6.07) is 11.6. The second kappa shape index (κ2) is 7.93. The first-order chi connectivity index (χ1) is 12.0. The molecule has 2 aromatic rings. The van der Waals surface area contributed by atoms with Crippen LogP contribution < -0.4 is 10.6 Å². The molecule has 2 amide bonds. The van der Waals surface area contributed by atoms with Crippen LogP contribution in [0.15, 0.2) is 42.5 Å². The van der Waals surface area contributed by atoms with E-state index in [2.05, 4.69) is 10.6 Å². The summed E-state index contributed by atoms with van der Waals surface area (Å²) < 4.78 is 14.1. The molecule has 7 heteroatoms. The lowest BCUT2D eigenvalue weighted by Gasteiger charge is -2.11. The summed E-state index contributed by atoms with van der Waals surface area (Å²) in [7, 11) is 0. The van der Waals surface area contributed by atoms with Crippen molar-refractivity contribution >= 4 is 46.7 Å². The molecule has 130 valence electrons. The van der Waals surface area contributed by atoms with Crippen LogP contribution >= 0.6 is 23.5 Å². The maximum absolute atomic E-state index is 13.7. The van der Waals surface area contributed by atoms with Gasteiger partial charge in [0.25, 0.3) is 5.91 Å². The van der Waals surface area contributed by atoms with Crippen molar-refractivity contribution in [1.82, 2.24) is 0 Å². The number of carbonyl (C=O) groups is 2. The van der Waals surface area contributed by atoms with Crippen LogP contribution in [0, 0.1) is 5.82 Å². The van der Waals surface area contributed by atoms with Crippen molar-refractivity contribution in [2.75, 3.05) is 22.1 Å². The molecule has 1 aliphatic rings. The number of rotatable bonds is 4. The van der Waals surface area contributed by atoms with Crippen LogP contribution in [0.25, 0.3) is 0 Å². The SMILES string of the molecule is CC(=O)Nc1cc(NC(=O)c2ccc(C3SCCS3)cc2)ccc1F. The summed E-state index contributed by atoms with van der Waals surface area (Å²) >= 11 is 3.82. The minimum Gasteiger partial charge on any atom is -0.324 e. The van der Waals surface area contributed by atoms with Crippen molar-refractivity contribution in [1.29, 1.82) is 0 Å². The number of thioether (sulfide) groups is 2. The molecule has 2 N–H and O–H groups in total. The van der Waals surface area contributed by atoms with Crippen molar-refractivity contribution < 1.29 is 14.0 Å². The number of benzene rings is 2. The van der Waals surface area contributed by atoms with Crippen LogP contribution in [0.5, 0.6) is 0 Å². The highest BCUT2D eigenvalue weighted by Gasteiger charge is 2.18. The molecule has 3 rings (SSSR count). The molecule has 1 aliphatic heterocycles.